The number of aliphatic imine (C=N–C) groups is 1. The first-order chi connectivity index (χ1) is 12.2. The number of carbonyl (C=O) groups excluding carboxylic acids is 1. The van der Waals surface area contributed by atoms with E-state index in [0.717, 1.165) is 23.7 Å². The number of methoxy groups -OCH3 is 1. The number of rotatable bonds is 3. The molecule has 0 radical (unpaired) electrons. The molecule has 0 saturated heterocycles. The van der Waals surface area contributed by atoms with E-state index >= 15 is 0 Å². The molecule has 25 heavy (non-hydrogen) atoms. The van der Waals surface area contributed by atoms with Gasteiger partial charge in [0, 0.05) is 22.7 Å². The molecule has 3 N–H and O–H groups in total. The van der Waals surface area contributed by atoms with Gasteiger partial charge in [0.15, 0.2) is 5.17 Å². The van der Waals surface area contributed by atoms with Crippen molar-refractivity contribution in [3.63, 3.8) is 0 Å². The third-order valence-electron chi connectivity index (χ3n) is 4.51. The second-order valence-corrected chi connectivity index (χ2v) is 7.25. The number of aryl methyl sites for hydroxylation is 1. The molecule has 2 aliphatic rings. The molecule has 0 saturated carbocycles. The highest BCUT2D eigenvalue weighted by atomic mass is 32.2. The molecular weight excluding hydrogens is 336 g/mol. The van der Waals surface area contributed by atoms with Crippen LogP contribution in [0.25, 0.3) is 0 Å². The average molecular weight is 354 g/mol. The summed E-state index contributed by atoms with van der Waals surface area (Å²) in [5.41, 5.74) is 8.85. The van der Waals surface area contributed by atoms with E-state index in [1.807, 2.05) is 12.3 Å². The third-order valence-corrected chi connectivity index (χ3v) is 5.73. The fourth-order valence-corrected chi connectivity index (χ4v) is 4.48. The Labute approximate surface area is 149 Å². The maximum atomic E-state index is 11.4. The zero-order chi connectivity index (χ0) is 17.4. The summed E-state index contributed by atoms with van der Waals surface area (Å²) < 4.78 is 5.38. The van der Waals surface area contributed by atoms with Gasteiger partial charge in [-0.15, -0.1) is 0 Å². The van der Waals surface area contributed by atoms with Crippen molar-refractivity contribution in [2.24, 2.45) is 10.7 Å². The monoisotopic (exact) mass is 354 g/mol. The minimum Gasteiger partial charge on any atom is -0.495 e. The highest BCUT2D eigenvalue weighted by Gasteiger charge is 2.36. The first-order valence-corrected chi connectivity index (χ1v) is 8.97. The lowest BCUT2D eigenvalue weighted by Crippen LogP contribution is -2.19. The van der Waals surface area contributed by atoms with E-state index in [1.165, 1.54) is 5.56 Å². The van der Waals surface area contributed by atoms with E-state index in [2.05, 4.69) is 16.4 Å². The van der Waals surface area contributed by atoms with Crippen LogP contribution in [0.2, 0.25) is 0 Å². The van der Waals surface area contributed by atoms with Crippen LogP contribution in [0.4, 0.5) is 5.69 Å². The average Bonchev–Trinajstić information content (AvgIpc) is 3.04. The fourth-order valence-electron chi connectivity index (χ4n) is 3.28. The number of nitrogens with zero attached hydrogens (tertiary/aromatic N) is 2. The van der Waals surface area contributed by atoms with E-state index in [-0.39, 0.29) is 6.04 Å². The summed E-state index contributed by atoms with van der Waals surface area (Å²) in [6.07, 6.45) is 3.87. The Balaban J connectivity index is 1.63. The Kier molecular flexibility index (Phi) is 4.09. The van der Waals surface area contributed by atoms with Crippen molar-refractivity contribution in [3.05, 3.63) is 53.3 Å². The second kappa shape index (κ2) is 6.40. The zero-order valence-electron chi connectivity index (χ0n) is 13.7. The molecule has 1 aromatic heterocycles. The number of primary amides is 1. The number of amidine groups is 1. The number of thioether (sulfide) groups is 1. The molecule has 1 amide bonds. The molecule has 0 fully saturated rings. The predicted octanol–water partition coefficient (Wildman–Crippen LogP) is 2.76. The molecule has 2 unspecified atom stereocenters. The topological polar surface area (TPSA) is 89.6 Å². The van der Waals surface area contributed by atoms with Crippen LogP contribution in [-0.4, -0.2) is 28.4 Å². The fraction of sp³-hybridized carbons (Fsp3) is 0.278. The van der Waals surface area contributed by atoms with Crippen molar-refractivity contribution < 1.29 is 9.53 Å². The summed E-state index contributed by atoms with van der Waals surface area (Å²) >= 11 is 1.73. The number of hydrogen-bond donors (Lipinski definition) is 2. The number of pyridine rings is 1. The van der Waals surface area contributed by atoms with Crippen LogP contribution in [0.15, 0.2) is 41.5 Å². The molecule has 0 spiro atoms. The van der Waals surface area contributed by atoms with Crippen molar-refractivity contribution in [1.82, 2.24) is 4.98 Å². The minimum absolute atomic E-state index is 0.121. The number of anilines is 1. The summed E-state index contributed by atoms with van der Waals surface area (Å²) in [4.78, 5) is 20.8. The van der Waals surface area contributed by atoms with Gasteiger partial charge in [0.2, 0.25) is 5.91 Å². The number of ether oxygens (including phenoxy) is 1. The van der Waals surface area contributed by atoms with Crippen LogP contribution in [0, 0.1) is 0 Å². The maximum Gasteiger partial charge on any atom is 0.248 e. The molecule has 128 valence electrons. The molecule has 4 rings (SSSR count). The van der Waals surface area contributed by atoms with Gasteiger partial charge >= 0.3 is 0 Å². The lowest BCUT2D eigenvalue weighted by molar-refractivity contribution is 0.100. The molecule has 2 atom stereocenters. The van der Waals surface area contributed by atoms with Gasteiger partial charge in [0.25, 0.3) is 0 Å². The molecule has 6 nitrogen and oxygen atoms in total. The molecule has 1 aromatic carbocycles. The van der Waals surface area contributed by atoms with Crippen molar-refractivity contribution in [2.75, 3.05) is 12.4 Å². The van der Waals surface area contributed by atoms with Crippen molar-refractivity contribution in [3.8, 4) is 5.75 Å². The van der Waals surface area contributed by atoms with Crippen LogP contribution < -0.4 is 15.8 Å². The number of hydrogen-bond acceptors (Lipinski definition) is 6. The number of nitrogens with two attached hydrogens (primary N) is 1. The summed E-state index contributed by atoms with van der Waals surface area (Å²) in [5, 5.41) is 4.54. The van der Waals surface area contributed by atoms with Crippen LogP contribution in [0.5, 0.6) is 5.75 Å². The molecular formula is C18H18N4O2S. The van der Waals surface area contributed by atoms with Crippen molar-refractivity contribution in [2.45, 2.75) is 24.1 Å². The number of nitrogens with one attached hydrogen (secondary N) is 1. The van der Waals surface area contributed by atoms with Crippen LogP contribution in [0.1, 0.15) is 34.1 Å². The Hall–Kier alpha value is -2.54. The van der Waals surface area contributed by atoms with Gasteiger partial charge < -0.3 is 15.8 Å². The van der Waals surface area contributed by atoms with Crippen molar-refractivity contribution >= 4 is 28.5 Å². The quantitative estimate of drug-likeness (QED) is 0.885. The standard InChI is InChI=1S/C18H18N4O2S/c1-24-14-6-4-10(17(19)23)9-13(14)21-18-22-16-11-3-2-8-20-12(11)5-7-15(16)25-18/h2-4,6,8-9,15-16H,5,7H2,1H3,(H2,19,23)(H,21,22). The van der Waals surface area contributed by atoms with Gasteiger partial charge in [0.1, 0.15) is 5.75 Å². The highest BCUT2D eigenvalue weighted by Crippen LogP contribution is 2.44. The van der Waals surface area contributed by atoms with Gasteiger partial charge in [-0.2, -0.15) is 0 Å². The van der Waals surface area contributed by atoms with Crippen LogP contribution >= 0.6 is 11.8 Å². The zero-order valence-corrected chi connectivity index (χ0v) is 14.5. The molecule has 2 aromatic rings. The minimum atomic E-state index is -0.472. The van der Waals surface area contributed by atoms with Crippen molar-refractivity contribution in [1.29, 1.82) is 0 Å². The van der Waals surface area contributed by atoms with E-state index in [1.54, 1.807) is 37.1 Å². The smallest absolute Gasteiger partial charge is 0.248 e. The molecule has 0 bridgehead atoms. The summed E-state index contributed by atoms with van der Waals surface area (Å²) in [6.45, 7) is 0. The SMILES string of the molecule is COc1ccc(C(N)=O)cc1NC1=NC2c3cccnc3CCC2S1. The highest BCUT2D eigenvalue weighted by molar-refractivity contribution is 8.15. The Morgan fingerprint density at radius 1 is 1.40 bits per heavy atom. The molecule has 7 heteroatoms. The summed E-state index contributed by atoms with van der Waals surface area (Å²) in [7, 11) is 1.59. The summed E-state index contributed by atoms with van der Waals surface area (Å²) in [5.74, 6) is 0.172. The molecule has 2 heterocycles. The van der Waals surface area contributed by atoms with Gasteiger partial charge in [-0.1, -0.05) is 17.8 Å². The number of benzene rings is 1. The predicted molar refractivity (Wildman–Crippen MR) is 99.2 cm³/mol. The summed E-state index contributed by atoms with van der Waals surface area (Å²) in [6, 6.07) is 9.27. The van der Waals surface area contributed by atoms with E-state index in [0.29, 0.717) is 22.3 Å². The van der Waals surface area contributed by atoms with Gasteiger partial charge in [-0.3, -0.25) is 14.8 Å². The molecule has 1 aliphatic heterocycles. The maximum absolute atomic E-state index is 11.4. The van der Waals surface area contributed by atoms with E-state index in [9.17, 15) is 4.79 Å². The Morgan fingerprint density at radius 2 is 2.28 bits per heavy atom. The first-order valence-electron chi connectivity index (χ1n) is 8.09. The van der Waals surface area contributed by atoms with E-state index < -0.39 is 5.91 Å². The van der Waals surface area contributed by atoms with Gasteiger partial charge in [0.05, 0.1) is 18.8 Å². The Bertz CT molecular complexity index is 868. The lowest BCUT2D eigenvalue weighted by Gasteiger charge is -2.24. The second-order valence-electron chi connectivity index (χ2n) is 6.02. The first kappa shape index (κ1) is 16.0. The lowest BCUT2D eigenvalue weighted by atomic mass is 9.91. The largest absolute Gasteiger partial charge is 0.495 e. The Morgan fingerprint density at radius 3 is 3.08 bits per heavy atom. The van der Waals surface area contributed by atoms with Crippen LogP contribution in [-0.2, 0) is 6.42 Å². The number of aromatic nitrogens is 1. The molecule has 1 aliphatic carbocycles. The number of fused-ring (bicyclic) bond motifs is 3. The van der Waals surface area contributed by atoms with Crippen LogP contribution in [0.3, 0.4) is 0 Å². The third kappa shape index (κ3) is 2.95. The van der Waals surface area contributed by atoms with E-state index in [4.69, 9.17) is 15.5 Å². The van der Waals surface area contributed by atoms with Gasteiger partial charge in [-0.25, -0.2) is 0 Å². The number of amides is 1. The number of carbonyl (C=O) groups is 1. The van der Waals surface area contributed by atoms with Gasteiger partial charge in [-0.05, 0) is 42.7 Å². The normalized spacial score (nSPS) is 21.1.